The third kappa shape index (κ3) is 5.50. The maximum absolute atomic E-state index is 11.9. The second-order valence-electron chi connectivity index (χ2n) is 4.72. The van der Waals surface area contributed by atoms with E-state index < -0.39 is 0 Å². The first kappa shape index (κ1) is 14.5. The summed E-state index contributed by atoms with van der Waals surface area (Å²) in [6.45, 7) is 5.24. The van der Waals surface area contributed by atoms with E-state index in [9.17, 15) is 4.79 Å². The van der Waals surface area contributed by atoms with E-state index in [1.165, 1.54) is 0 Å². The molecule has 0 spiro atoms. The van der Waals surface area contributed by atoms with Gasteiger partial charge in [0.05, 0.1) is 13.0 Å². The van der Waals surface area contributed by atoms with Crippen molar-refractivity contribution in [3.8, 4) is 0 Å². The van der Waals surface area contributed by atoms with E-state index in [4.69, 9.17) is 9.84 Å². The Morgan fingerprint density at radius 1 is 1.47 bits per heavy atom. The lowest BCUT2D eigenvalue weighted by Crippen LogP contribution is -2.40. The van der Waals surface area contributed by atoms with Gasteiger partial charge in [0.25, 0.3) is 0 Å². The number of carbonyl (C=O) groups is 1. The summed E-state index contributed by atoms with van der Waals surface area (Å²) in [5.41, 5.74) is 0. The standard InChI is InChI=1S/C13H25NO3/c1-2-9-17-10-6-13(16)14-7-3-4-12(11-14)5-8-15/h12,15H,2-11H2,1H3. The molecule has 0 aromatic carbocycles. The fraction of sp³-hybridized carbons (Fsp3) is 0.923. The van der Waals surface area contributed by atoms with Crippen LogP contribution in [0.4, 0.5) is 0 Å². The van der Waals surface area contributed by atoms with E-state index in [1.54, 1.807) is 0 Å². The minimum absolute atomic E-state index is 0.198. The van der Waals surface area contributed by atoms with Gasteiger partial charge in [-0.15, -0.1) is 0 Å². The van der Waals surface area contributed by atoms with Gasteiger partial charge in [-0.05, 0) is 31.6 Å². The number of hydrogen-bond acceptors (Lipinski definition) is 3. The third-order valence-electron chi connectivity index (χ3n) is 3.22. The number of ether oxygens (including phenoxy) is 1. The molecule has 0 radical (unpaired) electrons. The van der Waals surface area contributed by atoms with E-state index in [0.717, 1.165) is 45.4 Å². The van der Waals surface area contributed by atoms with Gasteiger partial charge in [0.15, 0.2) is 0 Å². The average Bonchev–Trinajstić information content (AvgIpc) is 2.35. The Bertz CT molecular complexity index is 219. The molecule has 1 N–H and O–H groups in total. The highest BCUT2D eigenvalue weighted by Gasteiger charge is 2.22. The van der Waals surface area contributed by atoms with E-state index in [-0.39, 0.29) is 12.5 Å². The van der Waals surface area contributed by atoms with Crippen molar-refractivity contribution >= 4 is 5.91 Å². The largest absolute Gasteiger partial charge is 0.396 e. The van der Waals surface area contributed by atoms with Crippen LogP contribution in [0.25, 0.3) is 0 Å². The second kappa shape index (κ2) is 8.48. The van der Waals surface area contributed by atoms with E-state index in [1.807, 2.05) is 4.90 Å². The molecule has 17 heavy (non-hydrogen) atoms. The van der Waals surface area contributed by atoms with E-state index in [2.05, 4.69) is 6.92 Å². The molecule has 4 nitrogen and oxygen atoms in total. The van der Waals surface area contributed by atoms with Crippen molar-refractivity contribution in [1.29, 1.82) is 0 Å². The van der Waals surface area contributed by atoms with Crippen LogP contribution in [0.1, 0.15) is 39.0 Å². The van der Waals surface area contributed by atoms with Crippen molar-refractivity contribution < 1.29 is 14.6 Å². The molecule has 0 saturated carbocycles. The number of aliphatic hydroxyl groups excluding tert-OH is 1. The zero-order valence-electron chi connectivity index (χ0n) is 10.9. The Morgan fingerprint density at radius 3 is 3.00 bits per heavy atom. The van der Waals surface area contributed by atoms with Crippen LogP contribution in [0.3, 0.4) is 0 Å². The molecule has 0 aromatic heterocycles. The summed E-state index contributed by atoms with van der Waals surface area (Å²) in [5.74, 6) is 0.679. The smallest absolute Gasteiger partial charge is 0.224 e. The van der Waals surface area contributed by atoms with Crippen LogP contribution in [-0.2, 0) is 9.53 Å². The highest BCUT2D eigenvalue weighted by Crippen LogP contribution is 2.19. The number of rotatable bonds is 7. The van der Waals surface area contributed by atoms with Gasteiger partial charge in [-0.25, -0.2) is 0 Å². The second-order valence-corrected chi connectivity index (χ2v) is 4.72. The first-order valence-corrected chi connectivity index (χ1v) is 6.74. The number of hydrogen-bond donors (Lipinski definition) is 1. The zero-order valence-corrected chi connectivity index (χ0v) is 10.9. The Kier molecular flexibility index (Phi) is 7.21. The molecule has 1 fully saturated rings. The number of carbonyl (C=O) groups excluding carboxylic acids is 1. The Balaban J connectivity index is 2.21. The van der Waals surface area contributed by atoms with Crippen LogP contribution in [0.15, 0.2) is 0 Å². The lowest BCUT2D eigenvalue weighted by Gasteiger charge is -2.32. The van der Waals surface area contributed by atoms with Crippen molar-refractivity contribution in [2.45, 2.75) is 39.0 Å². The molecule has 0 aromatic rings. The minimum Gasteiger partial charge on any atom is -0.396 e. The summed E-state index contributed by atoms with van der Waals surface area (Å²) in [4.78, 5) is 13.8. The monoisotopic (exact) mass is 243 g/mol. The maximum atomic E-state index is 11.9. The predicted molar refractivity (Wildman–Crippen MR) is 66.7 cm³/mol. The SMILES string of the molecule is CCCOCCC(=O)N1CCCC(CCO)C1. The molecule has 1 aliphatic rings. The highest BCUT2D eigenvalue weighted by molar-refractivity contribution is 5.76. The molecule has 0 bridgehead atoms. The summed E-state index contributed by atoms with van der Waals surface area (Å²) in [6, 6.07) is 0. The summed E-state index contributed by atoms with van der Waals surface area (Å²) < 4.78 is 5.33. The predicted octanol–water partition coefficient (Wildman–Crippen LogP) is 1.42. The van der Waals surface area contributed by atoms with Gasteiger partial charge in [-0.3, -0.25) is 4.79 Å². The van der Waals surface area contributed by atoms with Crippen LogP contribution in [-0.4, -0.2) is 48.8 Å². The topological polar surface area (TPSA) is 49.8 Å². The fourth-order valence-electron chi connectivity index (χ4n) is 2.27. The van der Waals surface area contributed by atoms with Gasteiger partial charge in [0, 0.05) is 26.3 Å². The summed E-state index contributed by atoms with van der Waals surface area (Å²) in [7, 11) is 0. The zero-order chi connectivity index (χ0) is 12.5. The number of amides is 1. The number of nitrogens with zero attached hydrogens (tertiary/aromatic N) is 1. The molecule has 1 rings (SSSR count). The van der Waals surface area contributed by atoms with Gasteiger partial charge >= 0.3 is 0 Å². The molecule has 1 aliphatic heterocycles. The van der Waals surface area contributed by atoms with E-state index >= 15 is 0 Å². The van der Waals surface area contributed by atoms with Crippen LogP contribution >= 0.6 is 0 Å². The molecular weight excluding hydrogens is 218 g/mol. The molecule has 1 unspecified atom stereocenters. The molecule has 1 heterocycles. The van der Waals surface area contributed by atoms with Gasteiger partial charge in [-0.1, -0.05) is 6.92 Å². The van der Waals surface area contributed by atoms with Gasteiger partial charge in [-0.2, -0.15) is 0 Å². The molecule has 0 aliphatic carbocycles. The summed E-state index contributed by atoms with van der Waals surface area (Å²) in [6.07, 6.45) is 4.50. The lowest BCUT2D eigenvalue weighted by atomic mass is 9.95. The van der Waals surface area contributed by atoms with Crippen molar-refractivity contribution in [2.24, 2.45) is 5.92 Å². The number of aliphatic hydroxyl groups is 1. The molecule has 100 valence electrons. The fourth-order valence-corrected chi connectivity index (χ4v) is 2.27. The van der Waals surface area contributed by atoms with Gasteiger partial charge < -0.3 is 14.7 Å². The summed E-state index contributed by atoms with van der Waals surface area (Å²) in [5, 5.41) is 8.92. The van der Waals surface area contributed by atoms with Crippen molar-refractivity contribution in [2.75, 3.05) is 32.9 Å². The summed E-state index contributed by atoms with van der Waals surface area (Å²) >= 11 is 0. The van der Waals surface area contributed by atoms with Crippen LogP contribution in [0.5, 0.6) is 0 Å². The quantitative estimate of drug-likeness (QED) is 0.688. The van der Waals surface area contributed by atoms with Crippen LogP contribution in [0.2, 0.25) is 0 Å². The number of likely N-dealkylation sites (tertiary alicyclic amines) is 1. The van der Waals surface area contributed by atoms with Crippen molar-refractivity contribution in [3.63, 3.8) is 0 Å². The molecule has 1 atom stereocenters. The first-order chi connectivity index (χ1) is 8.27. The molecule has 4 heteroatoms. The Labute approximate surface area is 104 Å². The molecule has 1 amide bonds. The minimum atomic E-state index is 0.198. The average molecular weight is 243 g/mol. The molecular formula is C13H25NO3. The third-order valence-corrected chi connectivity index (χ3v) is 3.22. The highest BCUT2D eigenvalue weighted by atomic mass is 16.5. The van der Waals surface area contributed by atoms with Crippen LogP contribution < -0.4 is 0 Å². The van der Waals surface area contributed by atoms with Crippen molar-refractivity contribution in [3.05, 3.63) is 0 Å². The van der Waals surface area contributed by atoms with Crippen LogP contribution in [0, 0.1) is 5.92 Å². The van der Waals surface area contributed by atoms with Crippen molar-refractivity contribution in [1.82, 2.24) is 4.90 Å². The maximum Gasteiger partial charge on any atom is 0.224 e. The first-order valence-electron chi connectivity index (χ1n) is 6.74. The van der Waals surface area contributed by atoms with Gasteiger partial charge in [0.1, 0.15) is 0 Å². The Morgan fingerprint density at radius 2 is 2.29 bits per heavy atom. The lowest BCUT2D eigenvalue weighted by molar-refractivity contribution is -0.134. The normalized spacial score (nSPS) is 20.6. The van der Waals surface area contributed by atoms with E-state index in [0.29, 0.717) is 18.9 Å². The molecule has 1 saturated heterocycles. The number of piperidine rings is 1. The Hall–Kier alpha value is -0.610. The van der Waals surface area contributed by atoms with Gasteiger partial charge in [0.2, 0.25) is 5.91 Å².